The van der Waals surface area contributed by atoms with E-state index in [0.29, 0.717) is 11.5 Å². The zero-order chi connectivity index (χ0) is 14.2. The van der Waals surface area contributed by atoms with E-state index in [1.165, 1.54) is 19.3 Å². The summed E-state index contributed by atoms with van der Waals surface area (Å²) in [6.07, 6.45) is 4.19. The lowest BCUT2D eigenvalue weighted by atomic mass is 10.3. The summed E-state index contributed by atoms with van der Waals surface area (Å²) in [5.74, 6) is 0.589. The minimum atomic E-state index is 0.365. The largest absolute Gasteiger partial charge is 0.368 e. The van der Waals surface area contributed by atoms with Crippen LogP contribution < -0.4 is 5.32 Å². The van der Waals surface area contributed by atoms with E-state index in [1.807, 2.05) is 6.07 Å². The van der Waals surface area contributed by atoms with Gasteiger partial charge in [-0.15, -0.1) is 0 Å². The van der Waals surface area contributed by atoms with Gasteiger partial charge in [-0.1, -0.05) is 6.92 Å². The Kier molecular flexibility index (Phi) is 5.71. The van der Waals surface area contributed by atoms with Crippen LogP contribution in [0, 0.1) is 11.3 Å². The smallest absolute Gasteiger partial charge is 0.182 e. The zero-order valence-corrected chi connectivity index (χ0v) is 12.0. The van der Waals surface area contributed by atoms with E-state index in [2.05, 4.69) is 32.0 Å². The van der Waals surface area contributed by atoms with Crippen LogP contribution in [0.25, 0.3) is 0 Å². The van der Waals surface area contributed by atoms with E-state index in [9.17, 15) is 0 Å². The lowest BCUT2D eigenvalue weighted by molar-refractivity contribution is 0.137. The number of nitriles is 1. The second kappa shape index (κ2) is 7.78. The fourth-order valence-corrected chi connectivity index (χ4v) is 2.39. The van der Waals surface area contributed by atoms with Crippen LogP contribution in [0.5, 0.6) is 0 Å². The first kappa shape index (κ1) is 14.7. The van der Waals surface area contributed by atoms with E-state index in [1.54, 1.807) is 6.20 Å². The van der Waals surface area contributed by atoms with Crippen molar-refractivity contribution in [3.8, 4) is 6.07 Å². The maximum absolute atomic E-state index is 8.92. The summed E-state index contributed by atoms with van der Waals surface area (Å²) in [6.45, 7) is 9.94. The molecule has 1 aromatic rings. The third-order valence-corrected chi connectivity index (χ3v) is 3.66. The summed E-state index contributed by atoms with van der Waals surface area (Å²) in [4.78, 5) is 13.1. The predicted octanol–water partition coefficient (Wildman–Crippen LogP) is 0.788. The van der Waals surface area contributed by atoms with Gasteiger partial charge in [0.2, 0.25) is 0 Å². The highest BCUT2D eigenvalue weighted by molar-refractivity contribution is 5.46. The fraction of sp³-hybridized carbons (Fsp3) is 0.643. The molecule has 1 aliphatic heterocycles. The Bertz CT molecular complexity index is 447. The highest BCUT2D eigenvalue weighted by atomic mass is 15.3. The molecule has 1 aliphatic rings. The number of aromatic nitrogens is 2. The molecule has 6 heteroatoms. The maximum Gasteiger partial charge on any atom is 0.182 e. The van der Waals surface area contributed by atoms with Gasteiger partial charge in [0.25, 0.3) is 0 Å². The van der Waals surface area contributed by atoms with E-state index < -0.39 is 0 Å². The minimum absolute atomic E-state index is 0.365. The van der Waals surface area contributed by atoms with Gasteiger partial charge in [-0.05, 0) is 19.5 Å². The molecular weight excluding hydrogens is 252 g/mol. The van der Waals surface area contributed by atoms with Gasteiger partial charge in [-0.2, -0.15) is 5.26 Å². The molecule has 1 aromatic heterocycles. The third-order valence-electron chi connectivity index (χ3n) is 3.66. The van der Waals surface area contributed by atoms with Crippen LogP contribution in [0.15, 0.2) is 12.4 Å². The SMILES string of the molecule is CCN1CCN(CCCNc2nccnc2C#N)CC1. The van der Waals surface area contributed by atoms with Crippen molar-refractivity contribution >= 4 is 5.82 Å². The predicted molar refractivity (Wildman–Crippen MR) is 78.4 cm³/mol. The Morgan fingerprint density at radius 3 is 2.60 bits per heavy atom. The standard InChI is InChI=1S/C14H22N6/c1-2-19-8-10-20(11-9-19)7-3-4-17-14-13(12-15)16-5-6-18-14/h5-6H,2-4,7-11H2,1H3,(H,17,18). The normalized spacial score (nSPS) is 16.8. The third kappa shape index (κ3) is 4.15. The van der Waals surface area contributed by atoms with Gasteiger partial charge in [-0.25, -0.2) is 9.97 Å². The molecule has 2 heterocycles. The van der Waals surface area contributed by atoms with E-state index in [0.717, 1.165) is 39.1 Å². The van der Waals surface area contributed by atoms with Crippen LogP contribution in [0.3, 0.4) is 0 Å². The molecule has 0 aromatic carbocycles. The van der Waals surface area contributed by atoms with Crippen molar-refractivity contribution in [3.05, 3.63) is 18.1 Å². The molecule has 20 heavy (non-hydrogen) atoms. The Labute approximate surface area is 120 Å². The molecule has 1 N–H and O–H groups in total. The quantitative estimate of drug-likeness (QED) is 0.774. The first-order chi connectivity index (χ1) is 9.83. The van der Waals surface area contributed by atoms with Crippen molar-refractivity contribution in [2.75, 3.05) is 51.1 Å². The minimum Gasteiger partial charge on any atom is -0.368 e. The molecule has 0 atom stereocenters. The summed E-state index contributed by atoms with van der Waals surface area (Å²) in [6, 6.07) is 2.05. The number of piperazine rings is 1. The summed E-state index contributed by atoms with van der Waals surface area (Å²) in [5.41, 5.74) is 0.365. The van der Waals surface area contributed by atoms with Gasteiger partial charge < -0.3 is 15.1 Å². The van der Waals surface area contributed by atoms with Crippen LogP contribution in [0.4, 0.5) is 5.82 Å². The lowest BCUT2D eigenvalue weighted by Crippen LogP contribution is -2.46. The molecule has 1 saturated heterocycles. The van der Waals surface area contributed by atoms with Crippen molar-refractivity contribution in [1.29, 1.82) is 5.26 Å². The van der Waals surface area contributed by atoms with Gasteiger partial charge in [0.1, 0.15) is 6.07 Å². The molecule has 0 bridgehead atoms. The van der Waals surface area contributed by atoms with E-state index in [4.69, 9.17) is 5.26 Å². The number of hydrogen-bond donors (Lipinski definition) is 1. The molecule has 0 radical (unpaired) electrons. The molecule has 0 amide bonds. The van der Waals surface area contributed by atoms with Gasteiger partial charge in [-0.3, -0.25) is 0 Å². The number of rotatable bonds is 6. The Morgan fingerprint density at radius 1 is 1.20 bits per heavy atom. The van der Waals surface area contributed by atoms with Gasteiger partial charge in [0.15, 0.2) is 11.5 Å². The average molecular weight is 274 g/mol. The van der Waals surface area contributed by atoms with Crippen LogP contribution in [-0.2, 0) is 0 Å². The number of likely N-dealkylation sites (N-methyl/N-ethyl adjacent to an activating group) is 1. The maximum atomic E-state index is 8.92. The summed E-state index contributed by atoms with van der Waals surface area (Å²) in [5, 5.41) is 12.1. The topological polar surface area (TPSA) is 68.1 Å². The van der Waals surface area contributed by atoms with Crippen molar-refractivity contribution < 1.29 is 0 Å². The molecule has 6 nitrogen and oxygen atoms in total. The van der Waals surface area contributed by atoms with Crippen LogP contribution in [-0.4, -0.2) is 65.6 Å². The number of nitrogens with one attached hydrogen (secondary N) is 1. The van der Waals surface area contributed by atoms with Crippen LogP contribution >= 0.6 is 0 Å². The summed E-state index contributed by atoms with van der Waals surface area (Å²) < 4.78 is 0. The fourth-order valence-electron chi connectivity index (χ4n) is 2.39. The second-order valence-electron chi connectivity index (χ2n) is 4.92. The molecule has 108 valence electrons. The molecule has 2 rings (SSSR count). The first-order valence-electron chi connectivity index (χ1n) is 7.23. The van der Waals surface area contributed by atoms with Crippen LogP contribution in [0.2, 0.25) is 0 Å². The monoisotopic (exact) mass is 274 g/mol. The molecule has 0 saturated carbocycles. The molecule has 0 spiro atoms. The lowest BCUT2D eigenvalue weighted by Gasteiger charge is -2.33. The van der Waals surface area contributed by atoms with Gasteiger partial charge in [0, 0.05) is 45.1 Å². The van der Waals surface area contributed by atoms with Crippen LogP contribution in [0.1, 0.15) is 19.0 Å². The Morgan fingerprint density at radius 2 is 1.90 bits per heavy atom. The average Bonchev–Trinajstić information content (AvgIpc) is 2.52. The highest BCUT2D eigenvalue weighted by Crippen LogP contribution is 2.07. The van der Waals surface area contributed by atoms with Crippen molar-refractivity contribution in [2.45, 2.75) is 13.3 Å². The summed E-state index contributed by atoms with van der Waals surface area (Å²) in [7, 11) is 0. The number of nitrogens with zero attached hydrogens (tertiary/aromatic N) is 5. The molecule has 0 unspecified atom stereocenters. The van der Waals surface area contributed by atoms with Crippen molar-refractivity contribution in [1.82, 2.24) is 19.8 Å². The molecule has 0 aliphatic carbocycles. The number of hydrogen-bond acceptors (Lipinski definition) is 6. The first-order valence-corrected chi connectivity index (χ1v) is 7.23. The second-order valence-corrected chi connectivity index (χ2v) is 4.92. The van der Waals surface area contributed by atoms with Crippen molar-refractivity contribution in [3.63, 3.8) is 0 Å². The van der Waals surface area contributed by atoms with Crippen molar-refractivity contribution in [2.24, 2.45) is 0 Å². The summed E-state index contributed by atoms with van der Waals surface area (Å²) >= 11 is 0. The van der Waals surface area contributed by atoms with E-state index in [-0.39, 0.29) is 0 Å². The Hall–Kier alpha value is -1.71. The highest BCUT2D eigenvalue weighted by Gasteiger charge is 2.14. The molecule has 1 fully saturated rings. The zero-order valence-electron chi connectivity index (χ0n) is 12.0. The molecular formula is C14H22N6. The van der Waals surface area contributed by atoms with Gasteiger partial charge >= 0.3 is 0 Å². The van der Waals surface area contributed by atoms with Gasteiger partial charge in [0.05, 0.1) is 0 Å². The van der Waals surface area contributed by atoms with E-state index >= 15 is 0 Å². The number of anilines is 1. The Balaban J connectivity index is 1.66.